The van der Waals surface area contributed by atoms with Gasteiger partial charge in [0, 0.05) is 28.6 Å². The van der Waals surface area contributed by atoms with Crippen molar-refractivity contribution in [1.29, 1.82) is 0 Å². The fourth-order valence-corrected chi connectivity index (χ4v) is 3.87. The van der Waals surface area contributed by atoms with Crippen LogP contribution in [-0.2, 0) is 0 Å². The fraction of sp³-hybridized carbons (Fsp3) is 0.308. The van der Waals surface area contributed by atoms with Gasteiger partial charge in [0.1, 0.15) is 17.2 Å². The van der Waals surface area contributed by atoms with Gasteiger partial charge in [0.05, 0.1) is 0 Å². The summed E-state index contributed by atoms with van der Waals surface area (Å²) in [6, 6.07) is 12.0. The monoisotopic (exact) mass is 432 g/mol. The zero-order valence-electron chi connectivity index (χ0n) is 18.8. The van der Waals surface area contributed by atoms with Crippen LogP contribution in [0.5, 0.6) is 17.2 Å². The van der Waals surface area contributed by atoms with E-state index in [1.54, 1.807) is 18.2 Å². The van der Waals surface area contributed by atoms with Crippen molar-refractivity contribution in [3.8, 4) is 17.2 Å². The van der Waals surface area contributed by atoms with E-state index in [2.05, 4.69) is 10.3 Å². The number of hydrogen-bond acceptors (Lipinski definition) is 4. The topological polar surface area (TPSA) is 91.4 Å². The number of pyridine rings is 1. The second kappa shape index (κ2) is 8.54. The Morgan fingerprint density at radius 1 is 1.09 bits per heavy atom. The Hall–Kier alpha value is -3.54. The molecule has 3 N–H and O–H groups in total. The summed E-state index contributed by atoms with van der Waals surface area (Å²) in [6.45, 7) is 7.86. The van der Waals surface area contributed by atoms with Crippen LogP contribution in [0.25, 0.3) is 0 Å². The second-order valence-corrected chi connectivity index (χ2v) is 8.83. The average Bonchev–Trinajstić information content (AvgIpc) is 3.56. The first-order valence-corrected chi connectivity index (χ1v) is 10.9. The number of carbonyl (C=O) groups excluding carboxylic acids is 1. The molecule has 0 unspecified atom stereocenters. The number of nitrogens with one attached hydrogen (secondary N) is 2. The molecule has 4 rings (SSSR count). The van der Waals surface area contributed by atoms with Crippen LogP contribution >= 0.6 is 0 Å². The Bertz CT molecular complexity index is 1220. The van der Waals surface area contributed by atoms with E-state index < -0.39 is 0 Å². The summed E-state index contributed by atoms with van der Waals surface area (Å²) in [4.78, 5) is 27.5. The van der Waals surface area contributed by atoms with E-state index in [1.807, 2.05) is 45.9 Å². The average molecular weight is 433 g/mol. The molecule has 2 aromatic carbocycles. The number of aromatic amines is 1. The van der Waals surface area contributed by atoms with Crippen molar-refractivity contribution >= 4 is 11.6 Å². The van der Waals surface area contributed by atoms with Gasteiger partial charge in [0.15, 0.2) is 0 Å². The zero-order valence-corrected chi connectivity index (χ0v) is 18.8. The highest BCUT2D eigenvalue weighted by atomic mass is 16.5. The van der Waals surface area contributed by atoms with Gasteiger partial charge in [-0.2, -0.15) is 0 Å². The van der Waals surface area contributed by atoms with Crippen molar-refractivity contribution in [2.75, 3.05) is 5.32 Å². The number of phenols is 1. The molecule has 1 fully saturated rings. The Balaban J connectivity index is 1.55. The van der Waals surface area contributed by atoms with E-state index in [0.717, 1.165) is 35.2 Å². The van der Waals surface area contributed by atoms with Crippen LogP contribution in [-0.4, -0.2) is 16.0 Å². The third kappa shape index (κ3) is 4.69. The molecule has 0 radical (unpaired) electrons. The summed E-state index contributed by atoms with van der Waals surface area (Å²) in [5, 5.41) is 12.9. The zero-order chi connectivity index (χ0) is 23.0. The first kappa shape index (κ1) is 21.7. The molecule has 166 valence electrons. The second-order valence-electron chi connectivity index (χ2n) is 8.83. The molecule has 6 heteroatoms. The van der Waals surface area contributed by atoms with Crippen molar-refractivity contribution < 1.29 is 14.6 Å². The Labute approximate surface area is 187 Å². The molecule has 0 spiro atoms. The molecular formula is C26H28N2O4. The smallest absolute Gasteiger partial charge is 0.255 e. The molecule has 32 heavy (non-hydrogen) atoms. The number of aryl methyl sites for hydroxylation is 2. The standard InChI is InChI=1S/C26H28N2O4/c1-14(2)21-13-20(7-8-23(21)29)32-25-15(3)9-19(10-16(25)4)27-26(31)18-11-22(17-5-6-17)28-24(30)12-18/h7-14,17,29H,5-6H2,1-4H3,(H,27,31)(H,28,30). The summed E-state index contributed by atoms with van der Waals surface area (Å²) in [5.74, 6) is 1.81. The lowest BCUT2D eigenvalue weighted by Crippen LogP contribution is -2.17. The van der Waals surface area contributed by atoms with E-state index in [9.17, 15) is 14.7 Å². The number of aromatic nitrogens is 1. The highest BCUT2D eigenvalue weighted by Crippen LogP contribution is 2.39. The molecule has 1 aromatic heterocycles. The maximum Gasteiger partial charge on any atom is 0.255 e. The first-order chi connectivity index (χ1) is 15.2. The minimum absolute atomic E-state index is 0.170. The van der Waals surface area contributed by atoms with Crippen LogP contribution in [0.3, 0.4) is 0 Å². The molecule has 1 aliphatic carbocycles. The summed E-state index contributed by atoms with van der Waals surface area (Å²) in [5.41, 5.74) is 4.12. The van der Waals surface area contributed by atoms with Crippen molar-refractivity contribution in [2.24, 2.45) is 0 Å². The van der Waals surface area contributed by atoms with E-state index in [1.165, 1.54) is 6.07 Å². The highest BCUT2D eigenvalue weighted by molar-refractivity contribution is 6.04. The van der Waals surface area contributed by atoms with Gasteiger partial charge in [0.2, 0.25) is 5.56 Å². The first-order valence-electron chi connectivity index (χ1n) is 10.9. The number of phenolic OH excluding ortho intramolecular Hbond substituents is 1. The summed E-state index contributed by atoms with van der Waals surface area (Å²) >= 11 is 0. The molecule has 0 aliphatic heterocycles. The minimum atomic E-state index is -0.314. The molecule has 0 saturated heterocycles. The number of carbonyl (C=O) groups is 1. The molecule has 3 aromatic rings. The molecule has 0 bridgehead atoms. The van der Waals surface area contributed by atoms with E-state index >= 15 is 0 Å². The van der Waals surface area contributed by atoms with E-state index in [0.29, 0.717) is 28.7 Å². The number of H-pyrrole nitrogens is 1. The van der Waals surface area contributed by atoms with Crippen LogP contribution in [0.1, 0.15) is 71.3 Å². The third-order valence-electron chi connectivity index (χ3n) is 5.70. The van der Waals surface area contributed by atoms with Crippen LogP contribution in [0.4, 0.5) is 5.69 Å². The highest BCUT2D eigenvalue weighted by Gasteiger charge is 2.25. The van der Waals surface area contributed by atoms with Crippen LogP contribution in [0.2, 0.25) is 0 Å². The lowest BCUT2D eigenvalue weighted by atomic mass is 10.0. The summed E-state index contributed by atoms with van der Waals surface area (Å²) < 4.78 is 6.13. The third-order valence-corrected chi connectivity index (χ3v) is 5.70. The number of rotatable bonds is 6. The number of hydrogen-bond donors (Lipinski definition) is 3. The molecule has 6 nitrogen and oxygen atoms in total. The number of amides is 1. The largest absolute Gasteiger partial charge is 0.508 e. The van der Waals surface area contributed by atoms with E-state index in [4.69, 9.17) is 4.74 Å². The lowest BCUT2D eigenvalue weighted by molar-refractivity contribution is 0.102. The van der Waals surface area contributed by atoms with Crippen molar-refractivity contribution in [3.05, 3.63) is 80.8 Å². The number of ether oxygens (including phenoxy) is 1. The van der Waals surface area contributed by atoms with Crippen LogP contribution < -0.4 is 15.6 Å². The predicted molar refractivity (Wildman–Crippen MR) is 125 cm³/mol. The van der Waals surface area contributed by atoms with Gasteiger partial charge in [-0.05, 0) is 86.1 Å². The predicted octanol–water partition coefficient (Wildman–Crippen LogP) is 5.74. The Morgan fingerprint density at radius 3 is 2.41 bits per heavy atom. The number of anilines is 1. The van der Waals surface area contributed by atoms with Gasteiger partial charge in [-0.3, -0.25) is 9.59 Å². The van der Waals surface area contributed by atoms with Gasteiger partial charge >= 0.3 is 0 Å². The molecule has 1 aliphatic rings. The molecule has 1 heterocycles. The van der Waals surface area contributed by atoms with Gasteiger partial charge in [0.25, 0.3) is 5.91 Å². The summed E-state index contributed by atoms with van der Waals surface area (Å²) in [6.07, 6.45) is 2.08. The van der Waals surface area contributed by atoms with Gasteiger partial charge < -0.3 is 20.1 Å². The van der Waals surface area contributed by atoms with Crippen LogP contribution in [0, 0.1) is 13.8 Å². The van der Waals surface area contributed by atoms with Crippen molar-refractivity contribution in [3.63, 3.8) is 0 Å². The Morgan fingerprint density at radius 2 is 1.78 bits per heavy atom. The fourth-order valence-electron chi connectivity index (χ4n) is 3.87. The Kier molecular flexibility index (Phi) is 5.78. The maximum atomic E-state index is 12.8. The lowest BCUT2D eigenvalue weighted by Gasteiger charge is -2.16. The normalized spacial score (nSPS) is 13.3. The van der Waals surface area contributed by atoms with Gasteiger partial charge in [-0.15, -0.1) is 0 Å². The molecule has 0 atom stereocenters. The minimum Gasteiger partial charge on any atom is -0.508 e. The maximum absolute atomic E-state index is 12.8. The van der Waals surface area contributed by atoms with Gasteiger partial charge in [-0.25, -0.2) is 0 Å². The SMILES string of the molecule is Cc1cc(NC(=O)c2cc(C3CC3)[nH]c(=O)c2)cc(C)c1Oc1ccc(O)c(C(C)C)c1. The van der Waals surface area contributed by atoms with Crippen molar-refractivity contribution in [1.82, 2.24) is 4.98 Å². The number of benzene rings is 2. The van der Waals surface area contributed by atoms with E-state index in [-0.39, 0.29) is 23.1 Å². The number of aromatic hydroxyl groups is 1. The quantitative estimate of drug-likeness (QED) is 0.463. The molecular weight excluding hydrogens is 404 g/mol. The van der Waals surface area contributed by atoms with Crippen molar-refractivity contribution in [2.45, 2.75) is 52.4 Å². The molecule has 1 saturated carbocycles. The summed E-state index contributed by atoms with van der Waals surface area (Å²) in [7, 11) is 0. The van der Waals surface area contributed by atoms with Crippen LogP contribution in [0.15, 0.2) is 47.3 Å². The molecule has 1 amide bonds. The van der Waals surface area contributed by atoms with Gasteiger partial charge in [-0.1, -0.05) is 13.8 Å².